The highest BCUT2D eigenvalue weighted by Crippen LogP contribution is 2.36. The number of nitrogens with zero attached hydrogens (tertiary/aromatic N) is 1. The Bertz CT molecular complexity index is 1210. The molecule has 2 N–H and O–H groups in total. The van der Waals surface area contributed by atoms with Crippen LogP contribution in [0.4, 0.5) is 10.5 Å². The lowest BCUT2D eigenvalue weighted by atomic mass is 9.87. The molecule has 0 aliphatic heterocycles. The fourth-order valence-corrected chi connectivity index (χ4v) is 4.73. The molecule has 8 heteroatoms. The number of benzene rings is 2. The normalized spacial score (nSPS) is 14.9. The van der Waals surface area contributed by atoms with Crippen LogP contribution < -0.4 is 10.6 Å². The summed E-state index contributed by atoms with van der Waals surface area (Å²) in [5.41, 5.74) is 2.84. The van der Waals surface area contributed by atoms with Crippen LogP contribution in [-0.4, -0.2) is 46.2 Å². The Hall–Kier alpha value is -3.44. The zero-order valence-electron chi connectivity index (χ0n) is 22.7. The van der Waals surface area contributed by atoms with Crippen LogP contribution in [0.5, 0.6) is 0 Å². The van der Waals surface area contributed by atoms with Crippen molar-refractivity contribution in [3.63, 3.8) is 0 Å². The van der Waals surface area contributed by atoms with Crippen molar-refractivity contribution in [3.05, 3.63) is 64.7 Å². The Labute approximate surface area is 231 Å². The predicted octanol–water partition coefficient (Wildman–Crippen LogP) is 5.17. The number of anilines is 1. The van der Waals surface area contributed by atoms with Gasteiger partial charge in [0.1, 0.15) is 17.7 Å². The lowest BCUT2D eigenvalue weighted by Crippen LogP contribution is -2.57. The second-order valence-electron chi connectivity index (χ2n) is 10.6. The van der Waals surface area contributed by atoms with E-state index >= 15 is 0 Å². The summed E-state index contributed by atoms with van der Waals surface area (Å²) < 4.78 is 5.37. The van der Waals surface area contributed by atoms with Crippen molar-refractivity contribution in [2.24, 2.45) is 0 Å². The number of ether oxygens (including phenoxy) is 1. The molecule has 0 spiro atoms. The second-order valence-corrected chi connectivity index (χ2v) is 11.0. The molecule has 38 heavy (non-hydrogen) atoms. The fraction of sp³-hybridized carbons (Fsp3) is 0.433. The third-order valence-corrected chi connectivity index (χ3v) is 6.93. The van der Waals surface area contributed by atoms with Gasteiger partial charge in [0.25, 0.3) is 5.91 Å². The molecular weight excluding hydrogens is 498 g/mol. The molecule has 3 rings (SSSR count). The summed E-state index contributed by atoms with van der Waals surface area (Å²) in [5.74, 6) is 1.91. The number of para-hydroxylation sites is 1. The smallest absolute Gasteiger partial charge is 0.408 e. The van der Waals surface area contributed by atoms with Crippen molar-refractivity contribution in [2.45, 2.75) is 77.6 Å². The summed E-state index contributed by atoms with van der Waals surface area (Å²) in [6, 6.07) is 10.7. The van der Waals surface area contributed by atoms with E-state index in [4.69, 9.17) is 11.2 Å². The van der Waals surface area contributed by atoms with E-state index in [1.807, 2.05) is 32.0 Å². The molecule has 0 radical (unpaired) electrons. The number of carbonyl (C=O) groups excluding carboxylic acids is 3. The van der Waals surface area contributed by atoms with Gasteiger partial charge in [-0.15, -0.1) is 6.42 Å². The summed E-state index contributed by atoms with van der Waals surface area (Å²) in [7, 11) is 0. The third-order valence-electron chi connectivity index (χ3n) is 6.56. The number of rotatable bonds is 8. The van der Waals surface area contributed by atoms with E-state index in [-0.39, 0.29) is 17.7 Å². The van der Waals surface area contributed by atoms with Gasteiger partial charge < -0.3 is 20.3 Å². The van der Waals surface area contributed by atoms with Crippen molar-refractivity contribution in [2.75, 3.05) is 11.1 Å². The summed E-state index contributed by atoms with van der Waals surface area (Å²) >= 11 is 4.35. The van der Waals surface area contributed by atoms with Gasteiger partial charge >= 0.3 is 6.09 Å². The Morgan fingerprint density at radius 3 is 2.26 bits per heavy atom. The molecule has 0 saturated heterocycles. The Morgan fingerprint density at radius 2 is 1.74 bits per heavy atom. The van der Waals surface area contributed by atoms with Crippen LogP contribution >= 0.6 is 12.6 Å². The van der Waals surface area contributed by atoms with Crippen LogP contribution in [0.15, 0.2) is 42.5 Å². The summed E-state index contributed by atoms with van der Waals surface area (Å²) in [6.07, 6.45) is 7.51. The van der Waals surface area contributed by atoms with E-state index in [9.17, 15) is 14.4 Å². The molecule has 0 bridgehead atoms. The first-order valence-corrected chi connectivity index (χ1v) is 13.4. The van der Waals surface area contributed by atoms with E-state index in [1.54, 1.807) is 49.9 Å². The molecular formula is C30H37N3O4S. The molecule has 2 atom stereocenters. The summed E-state index contributed by atoms with van der Waals surface area (Å²) in [6.45, 7) is 9.08. The summed E-state index contributed by atoms with van der Waals surface area (Å²) in [5, 5.41) is 5.71. The number of hydrogen-bond donors (Lipinski definition) is 3. The van der Waals surface area contributed by atoms with Crippen molar-refractivity contribution < 1.29 is 19.1 Å². The number of nitrogens with one attached hydrogen (secondary N) is 2. The first kappa shape index (κ1) is 29.1. The molecule has 0 aromatic heterocycles. The topological polar surface area (TPSA) is 87.7 Å². The van der Waals surface area contributed by atoms with Gasteiger partial charge in [-0.05, 0) is 76.6 Å². The maximum absolute atomic E-state index is 14.1. The quantitative estimate of drug-likeness (QED) is 0.322. The maximum Gasteiger partial charge on any atom is 0.408 e. The van der Waals surface area contributed by atoms with Crippen molar-refractivity contribution in [1.29, 1.82) is 0 Å². The number of amides is 3. The molecule has 2 unspecified atom stereocenters. The van der Waals surface area contributed by atoms with Crippen LogP contribution in [0.2, 0.25) is 0 Å². The Morgan fingerprint density at radius 1 is 1.11 bits per heavy atom. The predicted molar refractivity (Wildman–Crippen MR) is 153 cm³/mol. The fourth-order valence-electron chi connectivity index (χ4n) is 4.49. The van der Waals surface area contributed by atoms with Gasteiger partial charge in [-0.1, -0.05) is 42.3 Å². The van der Waals surface area contributed by atoms with Crippen molar-refractivity contribution in [1.82, 2.24) is 10.2 Å². The van der Waals surface area contributed by atoms with Crippen LogP contribution in [0, 0.1) is 26.2 Å². The largest absolute Gasteiger partial charge is 0.444 e. The van der Waals surface area contributed by atoms with Gasteiger partial charge in [0.2, 0.25) is 5.91 Å². The van der Waals surface area contributed by atoms with Crippen LogP contribution in [-0.2, 0) is 14.3 Å². The Balaban J connectivity index is 2.06. The van der Waals surface area contributed by atoms with Crippen LogP contribution in [0.3, 0.4) is 0 Å². The minimum atomic E-state index is -1.01. The highest BCUT2D eigenvalue weighted by atomic mass is 32.1. The van der Waals surface area contributed by atoms with E-state index < -0.39 is 29.7 Å². The number of carbonyl (C=O) groups is 3. The van der Waals surface area contributed by atoms with Crippen LogP contribution in [0.25, 0.3) is 0 Å². The number of alkyl carbamates (subject to hydrolysis) is 1. The molecule has 1 saturated carbocycles. The van der Waals surface area contributed by atoms with E-state index in [0.29, 0.717) is 16.8 Å². The molecule has 2 aromatic carbocycles. The van der Waals surface area contributed by atoms with Crippen molar-refractivity contribution in [3.8, 4) is 12.3 Å². The van der Waals surface area contributed by atoms with E-state index in [1.165, 1.54) is 0 Å². The molecule has 1 fully saturated rings. The average Bonchev–Trinajstić information content (AvgIpc) is 2.82. The lowest BCUT2D eigenvalue weighted by molar-refractivity contribution is -0.145. The minimum Gasteiger partial charge on any atom is -0.444 e. The van der Waals surface area contributed by atoms with Gasteiger partial charge in [-0.3, -0.25) is 9.59 Å². The number of aryl methyl sites for hydroxylation is 2. The number of hydrogen-bond acceptors (Lipinski definition) is 5. The van der Waals surface area contributed by atoms with E-state index in [2.05, 4.69) is 29.2 Å². The zero-order valence-corrected chi connectivity index (χ0v) is 23.6. The molecule has 7 nitrogen and oxygen atoms in total. The molecule has 202 valence electrons. The van der Waals surface area contributed by atoms with Gasteiger partial charge in [-0.25, -0.2) is 4.79 Å². The molecule has 3 amide bonds. The average molecular weight is 536 g/mol. The van der Waals surface area contributed by atoms with Gasteiger partial charge in [0.15, 0.2) is 0 Å². The molecule has 2 aromatic rings. The van der Waals surface area contributed by atoms with Gasteiger partial charge in [0, 0.05) is 23.0 Å². The van der Waals surface area contributed by atoms with Gasteiger partial charge in [0.05, 0.1) is 0 Å². The van der Waals surface area contributed by atoms with E-state index in [0.717, 1.165) is 30.4 Å². The van der Waals surface area contributed by atoms with Crippen molar-refractivity contribution >= 4 is 36.2 Å². The highest BCUT2D eigenvalue weighted by Gasteiger charge is 2.42. The maximum atomic E-state index is 14.1. The Kier molecular flexibility index (Phi) is 9.50. The second kappa shape index (κ2) is 12.4. The first-order chi connectivity index (χ1) is 18.0. The summed E-state index contributed by atoms with van der Waals surface area (Å²) in [4.78, 5) is 42.3. The SMILES string of the molecule is C#Cc1ccccc1C(C(=O)Nc1c(C)cccc1C)N(C(=O)C(CS)NC(=O)OC(C)(C)C)C1CCC1. The highest BCUT2D eigenvalue weighted by molar-refractivity contribution is 7.80. The standard InChI is InChI=1S/C30H37N3O4S/c1-7-21-14-8-9-17-23(21)26(27(34)32-25-19(2)12-10-13-20(25)3)33(22-15-11-16-22)28(35)24(18-38)31-29(36)37-30(4,5)6/h1,8-10,12-14,17,22,24,26,38H,11,15-16,18H2,2-6H3,(H,31,36)(H,32,34). The molecule has 0 heterocycles. The minimum absolute atomic E-state index is 0.0311. The number of terminal acetylenes is 1. The number of thiol groups is 1. The van der Waals surface area contributed by atoms with Crippen LogP contribution in [0.1, 0.15) is 68.3 Å². The third kappa shape index (κ3) is 6.90. The lowest BCUT2D eigenvalue weighted by Gasteiger charge is -2.43. The zero-order chi connectivity index (χ0) is 28.0. The molecule has 1 aliphatic carbocycles. The monoisotopic (exact) mass is 535 g/mol. The van der Waals surface area contributed by atoms with Gasteiger partial charge in [-0.2, -0.15) is 12.6 Å². The molecule has 1 aliphatic rings. The first-order valence-electron chi connectivity index (χ1n) is 12.8.